The maximum absolute atomic E-state index is 10.9. The van der Waals surface area contributed by atoms with Gasteiger partial charge in [-0.05, 0) is 44.0 Å². The lowest BCUT2D eigenvalue weighted by molar-refractivity contribution is 0.0697. The number of carboxylic acids is 1. The minimum absolute atomic E-state index is 0.346. The van der Waals surface area contributed by atoms with Crippen molar-refractivity contribution in [3.05, 3.63) is 29.3 Å². The van der Waals surface area contributed by atoms with Crippen LogP contribution in [0.2, 0.25) is 0 Å². The fourth-order valence-corrected chi connectivity index (χ4v) is 2.17. The van der Waals surface area contributed by atoms with Gasteiger partial charge in [-0.1, -0.05) is 32.6 Å². The monoisotopic (exact) mass is 263 g/mol. The van der Waals surface area contributed by atoms with E-state index in [1.165, 1.54) is 25.7 Å². The average Bonchev–Trinajstić information content (AvgIpc) is 2.37. The fourth-order valence-electron chi connectivity index (χ4n) is 2.17. The van der Waals surface area contributed by atoms with Gasteiger partial charge in [0, 0.05) is 11.7 Å². The zero-order valence-electron chi connectivity index (χ0n) is 12.2. The summed E-state index contributed by atoms with van der Waals surface area (Å²) in [6, 6.07) is 5.66. The van der Waals surface area contributed by atoms with E-state index in [0.29, 0.717) is 11.6 Å². The van der Waals surface area contributed by atoms with Gasteiger partial charge in [0.2, 0.25) is 0 Å². The first-order valence-electron chi connectivity index (χ1n) is 7.15. The van der Waals surface area contributed by atoms with E-state index in [4.69, 9.17) is 5.11 Å². The highest BCUT2D eigenvalue weighted by Gasteiger charge is 2.07. The molecule has 0 saturated carbocycles. The molecule has 2 N–H and O–H groups in total. The summed E-state index contributed by atoms with van der Waals surface area (Å²) in [4.78, 5) is 10.9. The SMILES string of the molecule is CCCCCCC(C)Nc1ccc(C(=O)O)cc1C. The Labute approximate surface area is 116 Å². The number of carboxylic acid groups (broad SMARTS) is 1. The number of benzene rings is 1. The predicted octanol–water partition coefficient (Wildman–Crippen LogP) is 4.46. The van der Waals surface area contributed by atoms with E-state index in [1.54, 1.807) is 12.1 Å². The highest BCUT2D eigenvalue weighted by molar-refractivity contribution is 5.88. The van der Waals surface area contributed by atoms with Crippen LogP contribution in [0, 0.1) is 6.92 Å². The second kappa shape index (κ2) is 7.82. The number of anilines is 1. The van der Waals surface area contributed by atoms with E-state index in [9.17, 15) is 4.79 Å². The molecule has 1 unspecified atom stereocenters. The molecular weight excluding hydrogens is 238 g/mol. The second-order valence-electron chi connectivity index (χ2n) is 5.23. The summed E-state index contributed by atoms with van der Waals surface area (Å²) in [7, 11) is 0. The Bertz CT molecular complexity index is 415. The largest absolute Gasteiger partial charge is 0.478 e. The molecule has 1 aromatic carbocycles. The van der Waals surface area contributed by atoms with Crippen LogP contribution < -0.4 is 5.32 Å². The number of aryl methyl sites for hydroxylation is 1. The van der Waals surface area contributed by atoms with Crippen LogP contribution in [0.15, 0.2) is 18.2 Å². The summed E-state index contributed by atoms with van der Waals surface area (Å²) >= 11 is 0. The van der Waals surface area contributed by atoms with Crippen molar-refractivity contribution in [2.45, 2.75) is 58.9 Å². The summed E-state index contributed by atoms with van der Waals surface area (Å²) in [5, 5.41) is 12.4. The lowest BCUT2D eigenvalue weighted by Crippen LogP contribution is -2.15. The number of hydrogen-bond donors (Lipinski definition) is 2. The quantitative estimate of drug-likeness (QED) is 0.681. The van der Waals surface area contributed by atoms with Gasteiger partial charge in [0.1, 0.15) is 0 Å². The third kappa shape index (κ3) is 5.33. The van der Waals surface area contributed by atoms with Crippen LogP contribution in [0.5, 0.6) is 0 Å². The van der Waals surface area contributed by atoms with Gasteiger partial charge in [-0.3, -0.25) is 0 Å². The van der Waals surface area contributed by atoms with E-state index >= 15 is 0 Å². The molecule has 106 valence electrons. The van der Waals surface area contributed by atoms with Crippen LogP contribution >= 0.6 is 0 Å². The number of unbranched alkanes of at least 4 members (excludes halogenated alkanes) is 3. The summed E-state index contributed by atoms with van der Waals surface area (Å²) in [5.74, 6) is -0.873. The fraction of sp³-hybridized carbons (Fsp3) is 0.562. The van der Waals surface area contributed by atoms with Gasteiger partial charge in [-0.15, -0.1) is 0 Å². The average molecular weight is 263 g/mol. The van der Waals surface area contributed by atoms with Crippen LogP contribution in [0.3, 0.4) is 0 Å². The normalized spacial score (nSPS) is 12.2. The molecule has 3 heteroatoms. The first-order valence-corrected chi connectivity index (χ1v) is 7.15. The van der Waals surface area contributed by atoms with Crippen LogP contribution in [0.25, 0.3) is 0 Å². The smallest absolute Gasteiger partial charge is 0.335 e. The molecule has 0 saturated heterocycles. The third-order valence-electron chi connectivity index (χ3n) is 3.37. The minimum Gasteiger partial charge on any atom is -0.478 e. The topological polar surface area (TPSA) is 49.3 Å². The van der Waals surface area contributed by atoms with E-state index in [2.05, 4.69) is 19.2 Å². The maximum Gasteiger partial charge on any atom is 0.335 e. The van der Waals surface area contributed by atoms with Crippen LogP contribution in [-0.2, 0) is 0 Å². The molecule has 0 spiro atoms. The Morgan fingerprint density at radius 1 is 1.32 bits per heavy atom. The highest BCUT2D eigenvalue weighted by Crippen LogP contribution is 2.19. The molecule has 0 radical (unpaired) electrons. The van der Waals surface area contributed by atoms with E-state index < -0.39 is 5.97 Å². The Hall–Kier alpha value is -1.51. The van der Waals surface area contributed by atoms with Crippen molar-refractivity contribution >= 4 is 11.7 Å². The first kappa shape index (κ1) is 15.5. The molecule has 0 heterocycles. The van der Waals surface area contributed by atoms with Crippen molar-refractivity contribution in [2.24, 2.45) is 0 Å². The van der Waals surface area contributed by atoms with Crippen LogP contribution in [0.1, 0.15) is 61.9 Å². The molecular formula is C16H25NO2. The number of carbonyl (C=O) groups is 1. The lowest BCUT2D eigenvalue weighted by atomic mass is 10.1. The molecule has 3 nitrogen and oxygen atoms in total. The number of nitrogens with one attached hydrogen (secondary N) is 1. The van der Waals surface area contributed by atoms with Crippen molar-refractivity contribution in [1.82, 2.24) is 0 Å². The molecule has 0 bridgehead atoms. The van der Waals surface area contributed by atoms with Crippen LogP contribution in [0.4, 0.5) is 5.69 Å². The summed E-state index contributed by atoms with van der Waals surface area (Å²) in [5.41, 5.74) is 2.37. The second-order valence-corrected chi connectivity index (χ2v) is 5.23. The van der Waals surface area contributed by atoms with Crippen LogP contribution in [-0.4, -0.2) is 17.1 Å². The number of hydrogen-bond acceptors (Lipinski definition) is 2. The molecule has 0 aliphatic heterocycles. The highest BCUT2D eigenvalue weighted by atomic mass is 16.4. The summed E-state index contributed by atoms with van der Waals surface area (Å²) in [6.07, 6.45) is 6.25. The van der Waals surface area contributed by atoms with Crippen molar-refractivity contribution in [3.63, 3.8) is 0 Å². The van der Waals surface area contributed by atoms with Crippen molar-refractivity contribution in [3.8, 4) is 0 Å². The number of aromatic carboxylic acids is 1. The predicted molar refractivity (Wildman–Crippen MR) is 80.0 cm³/mol. The molecule has 1 aromatic rings. The zero-order chi connectivity index (χ0) is 14.3. The molecule has 1 rings (SSSR count). The van der Waals surface area contributed by atoms with Crippen molar-refractivity contribution in [2.75, 3.05) is 5.32 Å². The summed E-state index contributed by atoms with van der Waals surface area (Å²) in [6.45, 7) is 6.34. The zero-order valence-corrected chi connectivity index (χ0v) is 12.2. The van der Waals surface area contributed by atoms with Crippen molar-refractivity contribution in [1.29, 1.82) is 0 Å². The molecule has 0 aromatic heterocycles. The van der Waals surface area contributed by atoms with Gasteiger partial charge in [0.25, 0.3) is 0 Å². The summed E-state index contributed by atoms with van der Waals surface area (Å²) < 4.78 is 0. The van der Waals surface area contributed by atoms with E-state index in [1.807, 2.05) is 13.0 Å². The van der Waals surface area contributed by atoms with Gasteiger partial charge in [0.15, 0.2) is 0 Å². The maximum atomic E-state index is 10.9. The van der Waals surface area contributed by atoms with Gasteiger partial charge >= 0.3 is 5.97 Å². The van der Waals surface area contributed by atoms with E-state index in [0.717, 1.165) is 17.7 Å². The Morgan fingerprint density at radius 2 is 2.05 bits per heavy atom. The lowest BCUT2D eigenvalue weighted by Gasteiger charge is -2.17. The standard InChI is InChI=1S/C16H25NO2/c1-4-5-6-7-8-13(3)17-15-10-9-14(16(18)19)11-12(15)2/h9-11,13,17H,4-8H2,1-3H3,(H,18,19). The van der Waals surface area contributed by atoms with Crippen molar-refractivity contribution < 1.29 is 9.90 Å². The molecule has 1 atom stereocenters. The Balaban J connectivity index is 2.50. The molecule has 0 aliphatic carbocycles. The molecule has 0 aliphatic rings. The Morgan fingerprint density at radius 3 is 2.63 bits per heavy atom. The van der Waals surface area contributed by atoms with Gasteiger partial charge < -0.3 is 10.4 Å². The van der Waals surface area contributed by atoms with Gasteiger partial charge in [-0.2, -0.15) is 0 Å². The Kier molecular flexibility index (Phi) is 6.40. The third-order valence-corrected chi connectivity index (χ3v) is 3.37. The van der Waals surface area contributed by atoms with Gasteiger partial charge in [-0.25, -0.2) is 4.79 Å². The van der Waals surface area contributed by atoms with Gasteiger partial charge in [0.05, 0.1) is 5.56 Å². The molecule has 0 fully saturated rings. The minimum atomic E-state index is -0.873. The number of rotatable bonds is 8. The molecule has 19 heavy (non-hydrogen) atoms. The molecule has 0 amide bonds. The van der Waals surface area contributed by atoms with E-state index in [-0.39, 0.29) is 0 Å². The first-order chi connectivity index (χ1) is 9.04.